The topological polar surface area (TPSA) is 53.8 Å². The molecular weight excluding hydrogens is 369 g/mol. The van der Waals surface area contributed by atoms with Crippen molar-refractivity contribution in [1.29, 1.82) is 0 Å². The highest BCUT2D eigenvalue weighted by Gasteiger charge is 2.60. The summed E-state index contributed by atoms with van der Waals surface area (Å²) in [7, 11) is 0. The zero-order chi connectivity index (χ0) is 18.7. The van der Waals surface area contributed by atoms with Crippen LogP contribution < -0.4 is 5.32 Å². The molecule has 0 heterocycles. The number of rotatable bonds is 5. The van der Waals surface area contributed by atoms with E-state index in [-0.39, 0.29) is 27.6 Å². The first-order valence-electron chi connectivity index (χ1n) is 8.28. The van der Waals surface area contributed by atoms with Crippen molar-refractivity contribution in [2.24, 2.45) is 27.5 Å². The number of nitrogens with one attached hydrogen (secondary N) is 1. The number of allylic oxidation sites excluding steroid dienone is 1. The van der Waals surface area contributed by atoms with Crippen LogP contribution in [-0.4, -0.2) is 5.91 Å². The SMILES string of the molecule is CC1(C)C(C=C(Cl)Cl)C1C(=O)Nc1ccc(N=Nc2ccccc2)cc1. The van der Waals surface area contributed by atoms with Gasteiger partial charge in [-0.05, 0) is 53.8 Å². The molecule has 1 N–H and O–H groups in total. The Hall–Kier alpha value is -2.17. The molecule has 0 saturated heterocycles. The molecule has 2 aromatic carbocycles. The van der Waals surface area contributed by atoms with Crippen molar-refractivity contribution in [2.45, 2.75) is 13.8 Å². The van der Waals surface area contributed by atoms with Gasteiger partial charge in [0.15, 0.2) is 0 Å². The van der Waals surface area contributed by atoms with E-state index in [4.69, 9.17) is 23.2 Å². The number of halogens is 2. The number of azo groups is 1. The first-order valence-corrected chi connectivity index (χ1v) is 9.04. The zero-order valence-corrected chi connectivity index (χ0v) is 16.0. The van der Waals surface area contributed by atoms with Gasteiger partial charge in [0, 0.05) is 5.69 Å². The third-order valence-corrected chi connectivity index (χ3v) is 4.92. The van der Waals surface area contributed by atoms with Crippen molar-refractivity contribution < 1.29 is 4.79 Å². The van der Waals surface area contributed by atoms with Crippen molar-refractivity contribution in [3.63, 3.8) is 0 Å². The van der Waals surface area contributed by atoms with E-state index in [2.05, 4.69) is 15.5 Å². The smallest absolute Gasteiger partial charge is 0.228 e. The fourth-order valence-corrected chi connectivity index (χ4v) is 3.34. The summed E-state index contributed by atoms with van der Waals surface area (Å²) in [5.41, 5.74) is 2.07. The number of amides is 1. The van der Waals surface area contributed by atoms with Crippen LogP contribution in [0.2, 0.25) is 0 Å². The Bertz CT molecular complexity index is 841. The standard InChI is InChI=1S/C20H19Cl2N3O/c1-20(2)16(12-17(21)22)18(20)19(26)23-13-8-10-15(11-9-13)25-24-14-6-4-3-5-7-14/h3-12,16,18H,1-2H3,(H,23,26). The van der Waals surface area contributed by atoms with E-state index in [9.17, 15) is 4.79 Å². The normalized spacial score (nSPS) is 20.6. The molecule has 0 spiro atoms. The Kier molecular flexibility index (Phi) is 5.44. The fourth-order valence-electron chi connectivity index (χ4n) is 3.07. The number of hydrogen-bond acceptors (Lipinski definition) is 3. The summed E-state index contributed by atoms with van der Waals surface area (Å²) < 4.78 is 0.200. The molecule has 26 heavy (non-hydrogen) atoms. The molecule has 4 nitrogen and oxygen atoms in total. The fraction of sp³-hybridized carbons (Fsp3) is 0.250. The van der Waals surface area contributed by atoms with Gasteiger partial charge in [0.25, 0.3) is 0 Å². The molecule has 1 aliphatic rings. The van der Waals surface area contributed by atoms with Crippen molar-refractivity contribution in [2.75, 3.05) is 5.32 Å². The Morgan fingerprint density at radius 1 is 1.00 bits per heavy atom. The molecule has 0 bridgehead atoms. The summed E-state index contributed by atoms with van der Waals surface area (Å²) >= 11 is 11.5. The maximum absolute atomic E-state index is 12.5. The van der Waals surface area contributed by atoms with Crippen LogP contribution in [0.3, 0.4) is 0 Å². The van der Waals surface area contributed by atoms with Crippen LogP contribution in [-0.2, 0) is 4.79 Å². The number of anilines is 1. The highest BCUT2D eigenvalue weighted by molar-refractivity contribution is 6.55. The lowest BCUT2D eigenvalue weighted by Gasteiger charge is -2.06. The second-order valence-electron chi connectivity index (χ2n) is 6.85. The minimum absolute atomic E-state index is 0.0375. The van der Waals surface area contributed by atoms with Crippen molar-refractivity contribution >= 4 is 46.2 Å². The zero-order valence-electron chi connectivity index (χ0n) is 14.5. The molecule has 1 amide bonds. The van der Waals surface area contributed by atoms with Crippen LogP contribution in [0.1, 0.15) is 13.8 Å². The van der Waals surface area contributed by atoms with E-state index >= 15 is 0 Å². The summed E-state index contributed by atoms with van der Waals surface area (Å²) in [6.45, 7) is 4.06. The summed E-state index contributed by atoms with van der Waals surface area (Å²) in [6.07, 6.45) is 1.74. The molecule has 3 rings (SSSR count). The van der Waals surface area contributed by atoms with E-state index in [1.807, 2.05) is 68.4 Å². The summed E-state index contributed by atoms with van der Waals surface area (Å²) in [4.78, 5) is 12.5. The molecule has 2 unspecified atom stereocenters. The van der Waals surface area contributed by atoms with E-state index in [1.54, 1.807) is 6.08 Å². The third kappa shape index (κ3) is 4.32. The van der Waals surface area contributed by atoms with Gasteiger partial charge in [-0.3, -0.25) is 4.79 Å². The molecule has 0 aromatic heterocycles. The predicted octanol–water partition coefficient (Wildman–Crippen LogP) is 6.63. The first-order chi connectivity index (χ1) is 12.4. The van der Waals surface area contributed by atoms with Crippen LogP contribution in [0, 0.1) is 17.3 Å². The maximum atomic E-state index is 12.5. The van der Waals surface area contributed by atoms with Gasteiger partial charge in [0.2, 0.25) is 5.91 Å². The first kappa shape index (κ1) is 18.6. The highest BCUT2D eigenvalue weighted by atomic mass is 35.5. The molecule has 0 aliphatic heterocycles. The Balaban J connectivity index is 1.62. The molecule has 1 saturated carbocycles. The van der Waals surface area contributed by atoms with Crippen LogP contribution >= 0.6 is 23.2 Å². The lowest BCUT2D eigenvalue weighted by molar-refractivity contribution is -0.118. The van der Waals surface area contributed by atoms with E-state index in [0.29, 0.717) is 5.69 Å². The van der Waals surface area contributed by atoms with Crippen LogP contribution in [0.25, 0.3) is 0 Å². The number of hydrogen-bond donors (Lipinski definition) is 1. The minimum atomic E-state index is -0.150. The average molecular weight is 388 g/mol. The Morgan fingerprint density at radius 3 is 2.15 bits per heavy atom. The van der Waals surface area contributed by atoms with Gasteiger partial charge in [0.05, 0.1) is 17.3 Å². The van der Waals surface area contributed by atoms with Crippen LogP contribution in [0.4, 0.5) is 17.1 Å². The van der Waals surface area contributed by atoms with Crippen LogP contribution in [0.5, 0.6) is 0 Å². The molecule has 0 radical (unpaired) electrons. The van der Waals surface area contributed by atoms with E-state index < -0.39 is 0 Å². The lowest BCUT2D eigenvalue weighted by atomic mass is 10.1. The molecule has 2 atom stereocenters. The van der Waals surface area contributed by atoms with Crippen LogP contribution in [0.15, 0.2) is 75.4 Å². The maximum Gasteiger partial charge on any atom is 0.228 e. The number of carbonyl (C=O) groups is 1. The van der Waals surface area contributed by atoms with Gasteiger partial charge in [-0.1, -0.05) is 55.2 Å². The van der Waals surface area contributed by atoms with Gasteiger partial charge in [-0.2, -0.15) is 10.2 Å². The van der Waals surface area contributed by atoms with Gasteiger partial charge in [-0.25, -0.2) is 0 Å². The van der Waals surface area contributed by atoms with Gasteiger partial charge in [0.1, 0.15) is 4.49 Å². The predicted molar refractivity (Wildman–Crippen MR) is 106 cm³/mol. The molecule has 2 aromatic rings. The Labute approximate surface area is 162 Å². The second kappa shape index (κ2) is 7.60. The van der Waals surface area contributed by atoms with Gasteiger partial charge < -0.3 is 5.32 Å². The highest BCUT2D eigenvalue weighted by Crippen LogP contribution is 2.60. The van der Waals surface area contributed by atoms with E-state index in [1.165, 1.54) is 0 Å². The largest absolute Gasteiger partial charge is 0.326 e. The summed E-state index contributed by atoms with van der Waals surface area (Å²) in [5.74, 6) is -0.136. The Morgan fingerprint density at radius 2 is 1.58 bits per heavy atom. The van der Waals surface area contributed by atoms with Crippen molar-refractivity contribution in [3.8, 4) is 0 Å². The number of nitrogens with zero attached hydrogens (tertiary/aromatic N) is 2. The molecule has 1 aliphatic carbocycles. The summed E-state index contributed by atoms with van der Waals surface area (Å²) in [5, 5.41) is 11.3. The second-order valence-corrected chi connectivity index (χ2v) is 7.86. The van der Waals surface area contributed by atoms with Gasteiger partial charge >= 0.3 is 0 Å². The third-order valence-electron chi connectivity index (χ3n) is 4.67. The average Bonchev–Trinajstić information content (AvgIpc) is 3.14. The quantitative estimate of drug-likeness (QED) is 0.574. The number of benzene rings is 2. The van der Waals surface area contributed by atoms with Crippen molar-refractivity contribution in [1.82, 2.24) is 0 Å². The number of carbonyl (C=O) groups excluding carboxylic acids is 1. The molecular formula is C20H19Cl2N3O. The molecule has 134 valence electrons. The monoisotopic (exact) mass is 387 g/mol. The van der Waals surface area contributed by atoms with E-state index in [0.717, 1.165) is 11.4 Å². The minimum Gasteiger partial charge on any atom is -0.326 e. The van der Waals surface area contributed by atoms with Crippen molar-refractivity contribution in [3.05, 3.63) is 65.2 Å². The lowest BCUT2D eigenvalue weighted by Crippen LogP contribution is -2.16. The molecule has 1 fully saturated rings. The van der Waals surface area contributed by atoms with Gasteiger partial charge in [-0.15, -0.1) is 0 Å². The summed E-state index contributed by atoms with van der Waals surface area (Å²) in [6, 6.07) is 16.8. The molecule has 6 heteroatoms.